The summed E-state index contributed by atoms with van der Waals surface area (Å²) in [7, 11) is -3.34. The van der Waals surface area contributed by atoms with Crippen molar-refractivity contribution in [3.63, 3.8) is 0 Å². The van der Waals surface area contributed by atoms with Gasteiger partial charge in [0.1, 0.15) is 16.4 Å². The Labute approximate surface area is 128 Å². The average molecular weight is 324 g/mol. The number of aromatic nitrogens is 2. The van der Waals surface area contributed by atoms with Gasteiger partial charge in [-0.1, -0.05) is 6.07 Å². The average Bonchev–Trinajstić information content (AvgIpc) is 3.02. The fourth-order valence-electron chi connectivity index (χ4n) is 2.31. The summed E-state index contributed by atoms with van der Waals surface area (Å²) in [6.07, 6.45) is 1.54. The Morgan fingerprint density at radius 3 is 2.57 bits per heavy atom. The van der Waals surface area contributed by atoms with Crippen LogP contribution in [0.4, 0.5) is 5.82 Å². The van der Waals surface area contributed by atoms with Gasteiger partial charge in [0, 0.05) is 37.9 Å². The van der Waals surface area contributed by atoms with E-state index in [1.165, 1.54) is 11.3 Å². The maximum Gasteiger partial charge on any atom is 0.252 e. The molecule has 0 radical (unpaired) electrons. The van der Waals surface area contributed by atoms with Crippen LogP contribution in [0.3, 0.4) is 0 Å². The number of rotatable bonds is 3. The Hall–Kier alpha value is -1.51. The molecular weight excluding hydrogens is 308 g/mol. The molecule has 0 amide bonds. The van der Waals surface area contributed by atoms with Gasteiger partial charge in [-0.3, -0.25) is 0 Å². The van der Waals surface area contributed by atoms with E-state index >= 15 is 0 Å². The summed E-state index contributed by atoms with van der Waals surface area (Å²) in [5.74, 6) is 0.857. The molecule has 8 heteroatoms. The topological polar surface area (TPSA) is 66.4 Å². The van der Waals surface area contributed by atoms with E-state index in [0.29, 0.717) is 30.4 Å². The number of aryl methyl sites for hydroxylation is 1. The van der Waals surface area contributed by atoms with Gasteiger partial charge < -0.3 is 4.90 Å². The Morgan fingerprint density at radius 2 is 1.95 bits per heavy atom. The molecule has 1 aliphatic rings. The first kappa shape index (κ1) is 14.4. The van der Waals surface area contributed by atoms with Crippen molar-refractivity contribution in [3.8, 4) is 0 Å². The van der Waals surface area contributed by atoms with Crippen molar-refractivity contribution in [1.29, 1.82) is 0 Å². The lowest BCUT2D eigenvalue weighted by Crippen LogP contribution is -2.48. The summed E-state index contributed by atoms with van der Waals surface area (Å²) in [6.45, 7) is 4.15. The van der Waals surface area contributed by atoms with Crippen LogP contribution in [0.15, 0.2) is 34.1 Å². The Kier molecular flexibility index (Phi) is 3.92. The zero-order valence-electron chi connectivity index (χ0n) is 11.6. The molecule has 0 saturated carbocycles. The second-order valence-corrected chi connectivity index (χ2v) is 7.95. The normalized spacial score (nSPS) is 17.1. The van der Waals surface area contributed by atoms with Gasteiger partial charge in [-0.15, -0.1) is 11.3 Å². The summed E-state index contributed by atoms with van der Waals surface area (Å²) in [6, 6.07) is 5.33. The fourth-order valence-corrected chi connectivity index (χ4v) is 4.88. The highest BCUT2D eigenvalue weighted by atomic mass is 32.2. The van der Waals surface area contributed by atoms with Crippen molar-refractivity contribution in [3.05, 3.63) is 35.6 Å². The largest absolute Gasteiger partial charge is 0.354 e. The molecule has 0 atom stereocenters. The van der Waals surface area contributed by atoms with Gasteiger partial charge in [0.2, 0.25) is 0 Å². The zero-order chi connectivity index (χ0) is 14.9. The molecular formula is C13H16N4O2S2. The molecule has 6 nitrogen and oxygen atoms in total. The van der Waals surface area contributed by atoms with Crippen LogP contribution >= 0.6 is 11.3 Å². The van der Waals surface area contributed by atoms with Gasteiger partial charge in [0.05, 0.1) is 0 Å². The second-order valence-electron chi connectivity index (χ2n) is 4.84. The van der Waals surface area contributed by atoms with Crippen molar-refractivity contribution in [1.82, 2.24) is 14.3 Å². The minimum atomic E-state index is -3.34. The van der Waals surface area contributed by atoms with E-state index in [4.69, 9.17) is 0 Å². The smallest absolute Gasteiger partial charge is 0.252 e. The lowest BCUT2D eigenvalue weighted by Gasteiger charge is -2.34. The molecule has 2 aromatic rings. The number of piperazine rings is 1. The van der Waals surface area contributed by atoms with Gasteiger partial charge >= 0.3 is 0 Å². The zero-order valence-corrected chi connectivity index (χ0v) is 13.3. The Balaban J connectivity index is 1.71. The highest BCUT2D eigenvalue weighted by Crippen LogP contribution is 2.23. The number of thiophene rings is 1. The maximum absolute atomic E-state index is 12.4. The molecule has 3 rings (SSSR count). The van der Waals surface area contributed by atoms with E-state index in [-0.39, 0.29) is 0 Å². The van der Waals surface area contributed by atoms with E-state index in [2.05, 4.69) is 14.9 Å². The van der Waals surface area contributed by atoms with E-state index in [0.717, 1.165) is 11.5 Å². The lowest BCUT2D eigenvalue weighted by molar-refractivity contribution is 0.384. The van der Waals surface area contributed by atoms with Crippen LogP contribution in [-0.2, 0) is 10.0 Å². The number of hydrogen-bond donors (Lipinski definition) is 0. The van der Waals surface area contributed by atoms with Gasteiger partial charge in [-0.2, -0.15) is 4.31 Å². The second kappa shape index (κ2) is 5.70. The molecule has 0 N–H and O–H groups in total. The van der Waals surface area contributed by atoms with Crippen LogP contribution in [0.1, 0.15) is 5.69 Å². The van der Waals surface area contributed by atoms with E-state index in [9.17, 15) is 8.42 Å². The molecule has 0 spiro atoms. The van der Waals surface area contributed by atoms with Crippen molar-refractivity contribution in [2.45, 2.75) is 11.1 Å². The van der Waals surface area contributed by atoms with Gasteiger partial charge in [-0.25, -0.2) is 18.4 Å². The molecule has 0 bridgehead atoms. The highest BCUT2D eigenvalue weighted by Gasteiger charge is 2.29. The fraction of sp³-hybridized carbons (Fsp3) is 0.385. The number of sulfonamides is 1. The monoisotopic (exact) mass is 324 g/mol. The van der Waals surface area contributed by atoms with Crippen molar-refractivity contribution < 1.29 is 8.42 Å². The highest BCUT2D eigenvalue weighted by molar-refractivity contribution is 7.91. The third-order valence-corrected chi connectivity index (χ3v) is 6.71. The van der Waals surface area contributed by atoms with Crippen molar-refractivity contribution in [2.24, 2.45) is 0 Å². The first-order valence-electron chi connectivity index (χ1n) is 6.64. The molecule has 1 fully saturated rings. The number of anilines is 1. The first-order valence-corrected chi connectivity index (χ1v) is 8.96. The van der Waals surface area contributed by atoms with Crippen LogP contribution in [-0.4, -0.2) is 48.9 Å². The Morgan fingerprint density at radius 1 is 1.19 bits per heavy atom. The molecule has 1 aliphatic heterocycles. The number of nitrogens with zero attached hydrogens (tertiary/aromatic N) is 4. The van der Waals surface area contributed by atoms with Crippen LogP contribution in [0.5, 0.6) is 0 Å². The molecule has 0 aromatic carbocycles. The molecule has 3 heterocycles. The van der Waals surface area contributed by atoms with E-state index in [1.807, 2.05) is 13.0 Å². The van der Waals surface area contributed by atoms with Crippen molar-refractivity contribution >= 4 is 27.2 Å². The minimum Gasteiger partial charge on any atom is -0.354 e. The third kappa shape index (κ3) is 2.92. The molecule has 21 heavy (non-hydrogen) atoms. The minimum absolute atomic E-state index is 0.411. The van der Waals surface area contributed by atoms with Crippen LogP contribution in [0, 0.1) is 6.92 Å². The third-order valence-electron chi connectivity index (χ3n) is 3.44. The molecule has 0 aliphatic carbocycles. The predicted molar refractivity (Wildman–Crippen MR) is 82.1 cm³/mol. The van der Waals surface area contributed by atoms with E-state index in [1.54, 1.807) is 28.1 Å². The molecule has 1 saturated heterocycles. The predicted octanol–water partition coefficient (Wildman–Crippen LogP) is 1.36. The Bertz CT molecular complexity index is 708. The SMILES string of the molecule is Cc1cc(N2CCN(S(=O)(=O)c3cccs3)CC2)ncn1. The standard InChI is InChI=1S/C13H16N4O2S2/c1-11-9-12(15-10-14-11)16-4-6-17(7-5-16)21(18,19)13-3-2-8-20-13/h2-3,8-10H,4-7H2,1H3. The number of hydrogen-bond acceptors (Lipinski definition) is 6. The lowest BCUT2D eigenvalue weighted by atomic mass is 10.3. The van der Waals surface area contributed by atoms with Crippen LogP contribution in [0.25, 0.3) is 0 Å². The molecule has 112 valence electrons. The van der Waals surface area contributed by atoms with Crippen molar-refractivity contribution in [2.75, 3.05) is 31.1 Å². The maximum atomic E-state index is 12.4. The van der Waals surface area contributed by atoms with Crippen LogP contribution in [0.2, 0.25) is 0 Å². The van der Waals surface area contributed by atoms with Gasteiger partial charge in [-0.05, 0) is 18.4 Å². The van der Waals surface area contributed by atoms with Crippen LogP contribution < -0.4 is 4.90 Å². The summed E-state index contributed by atoms with van der Waals surface area (Å²) in [4.78, 5) is 10.4. The summed E-state index contributed by atoms with van der Waals surface area (Å²) >= 11 is 1.26. The first-order chi connectivity index (χ1) is 10.1. The summed E-state index contributed by atoms with van der Waals surface area (Å²) in [5.41, 5.74) is 0.911. The van der Waals surface area contributed by atoms with Gasteiger partial charge in [0.25, 0.3) is 10.0 Å². The molecule has 0 unspecified atom stereocenters. The summed E-state index contributed by atoms with van der Waals surface area (Å²) < 4.78 is 26.8. The quantitative estimate of drug-likeness (QED) is 0.853. The summed E-state index contributed by atoms with van der Waals surface area (Å²) in [5, 5.41) is 1.78. The molecule has 2 aromatic heterocycles. The van der Waals surface area contributed by atoms with E-state index < -0.39 is 10.0 Å². The van der Waals surface area contributed by atoms with Gasteiger partial charge in [0.15, 0.2) is 0 Å².